The Morgan fingerprint density at radius 2 is 1.76 bits per heavy atom. The fourth-order valence-corrected chi connectivity index (χ4v) is 3.53. The van der Waals surface area contributed by atoms with Gasteiger partial charge in [0.25, 0.3) is 0 Å². The van der Waals surface area contributed by atoms with E-state index in [0.29, 0.717) is 12.6 Å². The number of hydrogen-bond donors (Lipinski definition) is 1. The first-order chi connectivity index (χ1) is 10.1. The summed E-state index contributed by atoms with van der Waals surface area (Å²) in [5.41, 5.74) is 2.28. The molecule has 1 saturated heterocycles. The van der Waals surface area contributed by atoms with Crippen molar-refractivity contribution in [2.75, 3.05) is 13.1 Å². The number of amides is 1. The largest absolute Gasteiger partial charge is 0.351 e. The summed E-state index contributed by atoms with van der Waals surface area (Å²) >= 11 is 0. The summed E-state index contributed by atoms with van der Waals surface area (Å²) in [6.45, 7) is 11.2. The predicted octanol–water partition coefficient (Wildman–Crippen LogP) is 3.08. The van der Waals surface area contributed by atoms with Crippen molar-refractivity contribution in [1.82, 2.24) is 10.2 Å². The van der Waals surface area contributed by atoms with Gasteiger partial charge in [-0.1, -0.05) is 38.1 Å². The number of carbonyl (C=O) groups is 1. The lowest BCUT2D eigenvalue weighted by molar-refractivity contribution is -0.129. The molecule has 3 nitrogen and oxygen atoms in total. The molecule has 1 aromatic carbocycles. The van der Waals surface area contributed by atoms with Crippen molar-refractivity contribution >= 4 is 5.91 Å². The Labute approximate surface area is 128 Å². The fraction of sp³-hybridized carbons (Fsp3) is 0.611. The van der Waals surface area contributed by atoms with Crippen molar-refractivity contribution in [2.24, 2.45) is 0 Å². The van der Waals surface area contributed by atoms with Crippen LogP contribution in [-0.2, 0) is 16.8 Å². The van der Waals surface area contributed by atoms with Crippen LogP contribution in [0.15, 0.2) is 24.3 Å². The van der Waals surface area contributed by atoms with Crippen molar-refractivity contribution in [3.8, 4) is 0 Å². The maximum absolute atomic E-state index is 12.5. The van der Waals surface area contributed by atoms with Crippen LogP contribution in [0.2, 0.25) is 0 Å². The molecule has 3 heteroatoms. The fourth-order valence-electron chi connectivity index (χ4n) is 3.53. The number of carbonyl (C=O) groups excluding carboxylic acids is 1. The summed E-state index contributed by atoms with van der Waals surface area (Å²) in [4.78, 5) is 14.9. The Hall–Kier alpha value is -1.35. The molecule has 0 bridgehead atoms. The molecule has 1 N–H and O–H groups in total. The maximum Gasteiger partial charge on any atom is 0.231 e. The van der Waals surface area contributed by atoms with Gasteiger partial charge in [0.1, 0.15) is 0 Å². The van der Waals surface area contributed by atoms with Crippen LogP contribution in [0.1, 0.15) is 51.7 Å². The zero-order chi connectivity index (χ0) is 15.5. The number of fused-ring (bicyclic) bond motifs is 2. The van der Waals surface area contributed by atoms with Gasteiger partial charge in [-0.25, -0.2) is 0 Å². The van der Waals surface area contributed by atoms with Crippen molar-refractivity contribution in [1.29, 1.82) is 0 Å². The van der Waals surface area contributed by atoms with Crippen LogP contribution in [0, 0.1) is 0 Å². The lowest BCUT2D eigenvalue weighted by Gasteiger charge is -2.45. The van der Waals surface area contributed by atoms with E-state index < -0.39 is 0 Å². The predicted molar refractivity (Wildman–Crippen MR) is 87.3 cm³/mol. The van der Waals surface area contributed by atoms with Crippen molar-refractivity contribution in [3.63, 3.8) is 0 Å². The van der Waals surface area contributed by atoms with E-state index in [9.17, 15) is 4.79 Å². The van der Waals surface area contributed by atoms with Crippen molar-refractivity contribution < 1.29 is 4.79 Å². The monoisotopic (exact) mass is 288 g/mol. The third-order valence-electron chi connectivity index (χ3n) is 4.79. The van der Waals surface area contributed by atoms with Crippen LogP contribution in [0.25, 0.3) is 0 Å². The quantitative estimate of drug-likeness (QED) is 0.861. The summed E-state index contributed by atoms with van der Waals surface area (Å²) in [6, 6.07) is 8.99. The molecule has 2 aliphatic rings. The molecule has 0 unspecified atom stereocenters. The second-order valence-corrected chi connectivity index (χ2v) is 6.05. The Morgan fingerprint density at radius 1 is 1.14 bits per heavy atom. The maximum atomic E-state index is 12.5. The van der Waals surface area contributed by atoms with E-state index in [2.05, 4.69) is 48.3 Å². The first-order valence-electron chi connectivity index (χ1n) is 8.24. The number of nitrogens with zero attached hydrogens (tertiary/aromatic N) is 1. The molecule has 1 aromatic rings. The molecule has 0 aliphatic carbocycles. The first-order valence-corrected chi connectivity index (χ1v) is 8.24. The van der Waals surface area contributed by atoms with E-state index in [-0.39, 0.29) is 11.3 Å². The molecule has 0 radical (unpaired) electrons. The van der Waals surface area contributed by atoms with Gasteiger partial charge in [-0.3, -0.25) is 4.79 Å². The van der Waals surface area contributed by atoms with Crippen LogP contribution < -0.4 is 5.32 Å². The first kappa shape index (κ1) is 16.0. The van der Waals surface area contributed by atoms with E-state index in [1.165, 1.54) is 11.1 Å². The molecule has 0 aromatic heterocycles. The minimum Gasteiger partial charge on any atom is -0.351 e. The number of likely N-dealkylation sites (tertiary alicyclic amines) is 1. The van der Waals surface area contributed by atoms with Crippen LogP contribution in [0.4, 0.5) is 0 Å². The second kappa shape index (κ2) is 6.61. The summed E-state index contributed by atoms with van der Waals surface area (Å²) in [6.07, 6.45) is 1.88. The van der Waals surface area contributed by atoms with Gasteiger partial charge in [0.15, 0.2) is 0 Å². The lowest BCUT2D eigenvalue weighted by atomic mass is 9.68. The lowest BCUT2D eigenvalue weighted by Crippen LogP contribution is -2.55. The van der Waals surface area contributed by atoms with E-state index in [1.54, 1.807) is 0 Å². The van der Waals surface area contributed by atoms with Gasteiger partial charge in [0.2, 0.25) is 5.91 Å². The third-order valence-corrected chi connectivity index (χ3v) is 4.79. The highest BCUT2D eigenvalue weighted by Crippen LogP contribution is 2.40. The molecule has 0 saturated carbocycles. The number of hydrogen-bond acceptors (Lipinski definition) is 2. The van der Waals surface area contributed by atoms with E-state index in [4.69, 9.17) is 0 Å². The molecule has 1 amide bonds. The molecular weight excluding hydrogens is 260 g/mol. The highest BCUT2D eigenvalue weighted by Gasteiger charge is 2.46. The van der Waals surface area contributed by atoms with Gasteiger partial charge in [0, 0.05) is 12.6 Å². The Kier molecular flexibility index (Phi) is 5.04. The molecule has 0 atom stereocenters. The average Bonchev–Trinajstić information content (AvgIpc) is 2.54. The van der Waals surface area contributed by atoms with E-state index >= 15 is 0 Å². The molecule has 3 rings (SSSR count). The summed E-state index contributed by atoms with van der Waals surface area (Å²) in [5, 5.41) is 3.09. The topological polar surface area (TPSA) is 32.3 Å². The average molecular weight is 288 g/mol. The highest BCUT2D eigenvalue weighted by atomic mass is 16.2. The minimum absolute atomic E-state index is 0.231. The second-order valence-electron chi connectivity index (χ2n) is 6.05. The molecule has 116 valence electrons. The van der Waals surface area contributed by atoms with Gasteiger partial charge < -0.3 is 10.2 Å². The smallest absolute Gasteiger partial charge is 0.231 e. The van der Waals surface area contributed by atoms with Gasteiger partial charge in [0.05, 0.1) is 5.41 Å². The molecular formula is C18H28N2O. The molecule has 2 aliphatic heterocycles. The Balaban J connectivity index is 0.000000774. The van der Waals surface area contributed by atoms with Gasteiger partial charge in [-0.05, 0) is 50.9 Å². The summed E-state index contributed by atoms with van der Waals surface area (Å²) in [5.74, 6) is 0.231. The highest BCUT2D eigenvalue weighted by molar-refractivity contribution is 5.90. The van der Waals surface area contributed by atoms with Gasteiger partial charge in [-0.2, -0.15) is 0 Å². The van der Waals surface area contributed by atoms with Gasteiger partial charge >= 0.3 is 0 Å². The Morgan fingerprint density at radius 3 is 2.38 bits per heavy atom. The zero-order valence-corrected chi connectivity index (χ0v) is 13.8. The van der Waals surface area contributed by atoms with Crippen LogP contribution in [0.3, 0.4) is 0 Å². The zero-order valence-electron chi connectivity index (χ0n) is 13.8. The third kappa shape index (κ3) is 2.84. The number of benzene rings is 1. The number of piperidine rings is 1. The molecule has 1 fully saturated rings. The summed E-state index contributed by atoms with van der Waals surface area (Å²) < 4.78 is 0. The number of rotatable bonds is 1. The minimum atomic E-state index is -0.278. The van der Waals surface area contributed by atoms with Crippen LogP contribution in [-0.4, -0.2) is 29.9 Å². The SMILES string of the molecule is CC.CC(C)N1CCC2(CC1)C(=O)NCc1ccccc12. The van der Waals surface area contributed by atoms with Crippen LogP contribution >= 0.6 is 0 Å². The molecule has 21 heavy (non-hydrogen) atoms. The van der Waals surface area contributed by atoms with E-state index in [1.807, 2.05) is 13.8 Å². The van der Waals surface area contributed by atoms with Gasteiger partial charge in [-0.15, -0.1) is 0 Å². The standard InChI is InChI=1S/C16H22N2O.C2H6/c1-12(2)18-9-7-16(8-10-18)14-6-4-3-5-13(14)11-17-15(16)19;1-2/h3-6,12H,7-11H2,1-2H3,(H,17,19);1-2H3. The van der Waals surface area contributed by atoms with Crippen LogP contribution in [0.5, 0.6) is 0 Å². The summed E-state index contributed by atoms with van der Waals surface area (Å²) in [7, 11) is 0. The number of nitrogens with one attached hydrogen (secondary N) is 1. The molecule has 1 spiro atoms. The van der Waals surface area contributed by atoms with Crippen molar-refractivity contribution in [2.45, 2.75) is 58.5 Å². The van der Waals surface area contributed by atoms with E-state index in [0.717, 1.165) is 25.9 Å². The normalized spacial score (nSPS) is 20.5. The van der Waals surface area contributed by atoms with Crippen molar-refractivity contribution in [3.05, 3.63) is 35.4 Å². The molecule has 2 heterocycles. The Bertz CT molecular complexity index is 488.